The Hall–Kier alpha value is -3.57. The third-order valence-corrected chi connectivity index (χ3v) is 14.4. The van der Waals surface area contributed by atoms with Gasteiger partial charge in [0.15, 0.2) is 5.71 Å². The van der Waals surface area contributed by atoms with E-state index in [0.29, 0.717) is 25.8 Å². The maximum atomic E-state index is 12.5. The molecule has 2 aliphatic heterocycles. The molecule has 2 aromatic rings. The van der Waals surface area contributed by atoms with Gasteiger partial charge in [0, 0.05) is 52.5 Å². The molecule has 0 N–H and O–H groups in total. The molecule has 0 spiro atoms. The van der Waals surface area contributed by atoms with Crippen molar-refractivity contribution in [1.82, 2.24) is 4.90 Å². The van der Waals surface area contributed by atoms with Crippen molar-refractivity contribution < 1.29 is 29.8 Å². The van der Waals surface area contributed by atoms with Gasteiger partial charge in [-0.05, 0) is 96.8 Å². The smallest absolute Gasteiger partial charge is 0.267 e. The molecule has 4 rings (SSSR count). The van der Waals surface area contributed by atoms with E-state index in [2.05, 4.69) is 137 Å². The van der Waals surface area contributed by atoms with Crippen LogP contribution in [0.3, 0.4) is 0 Å². The zero-order chi connectivity index (χ0) is 42.7. The normalized spacial score (nSPS) is 17.7. The summed E-state index contributed by atoms with van der Waals surface area (Å²) >= 11 is 0. The van der Waals surface area contributed by atoms with E-state index in [1.807, 2.05) is 13.8 Å². The van der Waals surface area contributed by atoms with E-state index in [0.717, 1.165) is 38.6 Å². The van der Waals surface area contributed by atoms with Gasteiger partial charge in [-0.3, -0.25) is 8.37 Å². The topological polar surface area (TPSA) is 93.0 Å². The molecule has 0 bridgehead atoms. The monoisotopic (exact) mass is 833 g/mol. The van der Waals surface area contributed by atoms with E-state index >= 15 is 0 Å². The molecule has 0 atom stereocenters. The van der Waals surface area contributed by atoms with E-state index in [1.54, 1.807) is 0 Å². The van der Waals surface area contributed by atoms with Gasteiger partial charge < -0.3 is 4.90 Å². The lowest BCUT2D eigenvalue weighted by Crippen LogP contribution is -2.28. The van der Waals surface area contributed by atoms with Gasteiger partial charge in [0.05, 0.1) is 30.6 Å². The summed E-state index contributed by atoms with van der Waals surface area (Å²) in [5, 5.41) is 0. The Balaban J connectivity index is 1.54. The molecular weight excluding hydrogens is 765 g/mol. The standard InChI is InChI=1S/C48H69N2O6S2/c1-11-13-34-56-58(53,54)36-24-22-32-49-43(47(6,7)39(5)45(49)41-27-20-19-26-37(41)3)28-17-15-14-16-18-29-44-48(8,9)42-31-30-38(4)40(25-12-2)46(42)50(44)33-21-23-35-57(51,52)55-10/h12,14,16,18-20,25-31H,11,13,15,17,21-24,32-36H2,1-10H3/q+1. The second-order valence-corrected chi connectivity index (χ2v) is 20.3. The van der Waals surface area contributed by atoms with E-state index < -0.39 is 20.2 Å². The van der Waals surface area contributed by atoms with Gasteiger partial charge in [-0.25, -0.2) is 0 Å². The fourth-order valence-corrected chi connectivity index (χ4v) is 9.92. The molecule has 0 amide bonds. The minimum absolute atomic E-state index is 0.00390. The van der Waals surface area contributed by atoms with Gasteiger partial charge in [-0.1, -0.05) is 100 Å². The fourth-order valence-electron chi connectivity index (χ4n) is 8.15. The zero-order valence-corrected chi connectivity index (χ0v) is 38.5. The minimum Gasteiger partial charge on any atom is -0.344 e. The molecule has 2 aliphatic rings. The summed E-state index contributed by atoms with van der Waals surface area (Å²) in [5.41, 5.74) is 11.9. The first-order chi connectivity index (χ1) is 27.4. The average molecular weight is 834 g/mol. The molecule has 10 heteroatoms. The lowest BCUT2D eigenvalue weighted by atomic mass is 9.80. The summed E-state index contributed by atoms with van der Waals surface area (Å²) in [5.74, 6) is 0.0348. The number of allylic oxidation sites excluding steroid dienone is 7. The van der Waals surface area contributed by atoms with Crippen LogP contribution in [0.5, 0.6) is 0 Å². The first-order valence-corrected chi connectivity index (χ1v) is 24.2. The number of unbranched alkanes of at least 4 members (excludes halogenated alkanes) is 4. The van der Waals surface area contributed by atoms with E-state index in [-0.39, 0.29) is 28.9 Å². The molecule has 0 unspecified atom stereocenters. The molecule has 0 radical (unpaired) electrons. The van der Waals surface area contributed by atoms with Gasteiger partial charge in [-0.2, -0.15) is 21.4 Å². The highest BCUT2D eigenvalue weighted by molar-refractivity contribution is 7.86. The number of hydrogen-bond donors (Lipinski definition) is 0. The van der Waals surface area contributed by atoms with E-state index in [9.17, 15) is 16.8 Å². The highest BCUT2D eigenvalue weighted by Crippen LogP contribution is 2.51. The van der Waals surface area contributed by atoms with E-state index in [4.69, 9.17) is 8.37 Å². The van der Waals surface area contributed by atoms with Crippen LogP contribution in [0.25, 0.3) is 11.8 Å². The Morgan fingerprint density at radius 3 is 2.19 bits per heavy atom. The summed E-state index contributed by atoms with van der Waals surface area (Å²) in [7, 11) is -5.81. The SMILES string of the molecule is CC=Cc1c(C)ccc2c1[N+](CCCCS(=O)(=O)OC)=C(C=CC=CCCC=C1N(CCCCS(=O)(=O)OCCCC)C(c3ccccc3C)=C(C)C1(C)C)C2(C)C. The van der Waals surface area contributed by atoms with Crippen molar-refractivity contribution in [3.63, 3.8) is 0 Å². The fraction of sp³-hybridized carbons (Fsp3) is 0.521. The van der Waals surface area contributed by atoms with Crippen LogP contribution in [0.4, 0.5) is 5.69 Å². The lowest BCUT2D eigenvalue weighted by Gasteiger charge is -2.30. The molecule has 58 heavy (non-hydrogen) atoms. The number of nitrogens with zero attached hydrogens (tertiary/aromatic N) is 2. The van der Waals surface area contributed by atoms with Crippen LogP contribution >= 0.6 is 0 Å². The first-order valence-electron chi connectivity index (χ1n) is 21.1. The molecule has 8 nitrogen and oxygen atoms in total. The van der Waals surface area contributed by atoms with Crippen molar-refractivity contribution in [3.05, 3.63) is 112 Å². The average Bonchev–Trinajstić information content (AvgIpc) is 3.49. The second-order valence-electron chi connectivity index (χ2n) is 16.7. The Kier molecular flexibility index (Phi) is 16.7. The van der Waals surface area contributed by atoms with Gasteiger partial charge in [0.25, 0.3) is 20.2 Å². The van der Waals surface area contributed by atoms with Gasteiger partial charge in [0.1, 0.15) is 6.54 Å². The quantitative estimate of drug-likeness (QED) is 0.0505. The molecule has 0 aromatic heterocycles. The van der Waals surface area contributed by atoms with Crippen LogP contribution < -0.4 is 0 Å². The highest BCUT2D eigenvalue weighted by Gasteiger charge is 2.45. The third kappa shape index (κ3) is 11.4. The summed E-state index contributed by atoms with van der Waals surface area (Å²) in [6, 6.07) is 13.0. The number of fused-ring (bicyclic) bond motifs is 1. The first kappa shape index (κ1) is 47.1. The van der Waals surface area contributed by atoms with Crippen LogP contribution in [0, 0.1) is 19.3 Å². The van der Waals surface area contributed by atoms with E-state index in [1.165, 1.54) is 63.3 Å². The molecular formula is C48H69N2O6S2+. The predicted octanol–water partition coefficient (Wildman–Crippen LogP) is 10.9. The molecule has 0 aliphatic carbocycles. The number of hydrogen-bond acceptors (Lipinski definition) is 7. The Labute approximate surface area is 351 Å². The van der Waals surface area contributed by atoms with Crippen LogP contribution in [0.2, 0.25) is 0 Å². The van der Waals surface area contributed by atoms with Gasteiger partial charge in [0.2, 0.25) is 5.69 Å². The molecule has 2 heterocycles. The van der Waals surface area contributed by atoms with Crippen molar-refractivity contribution in [2.24, 2.45) is 5.41 Å². The molecule has 2 aromatic carbocycles. The molecule has 0 fully saturated rings. The van der Waals surface area contributed by atoms with Crippen molar-refractivity contribution in [2.45, 2.75) is 119 Å². The third-order valence-electron chi connectivity index (χ3n) is 11.8. The largest absolute Gasteiger partial charge is 0.344 e. The Bertz CT molecular complexity index is 2170. The molecule has 318 valence electrons. The lowest BCUT2D eigenvalue weighted by molar-refractivity contribution is -0.438. The number of rotatable bonds is 22. The number of benzene rings is 2. The summed E-state index contributed by atoms with van der Waals surface area (Å²) in [4.78, 5) is 2.44. The minimum atomic E-state index is -3.53. The Morgan fingerprint density at radius 2 is 1.50 bits per heavy atom. The van der Waals surface area contributed by atoms with Crippen LogP contribution in [0.15, 0.2) is 84.1 Å². The predicted molar refractivity (Wildman–Crippen MR) is 242 cm³/mol. The van der Waals surface area contributed by atoms with Crippen LogP contribution in [-0.4, -0.2) is 70.3 Å². The van der Waals surface area contributed by atoms with Crippen molar-refractivity contribution in [1.29, 1.82) is 0 Å². The van der Waals surface area contributed by atoms with Crippen LogP contribution in [-0.2, 0) is 34.0 Å². The second kappa shape index (κ2) is 20.6. The summed E-state index contributed by atoms with van der Waals surface area (Å²) in [6.45, 7) is 21.4. The molecule has 0 saturated carbocycles. The number of aryl methyl sites for hydroxylation is 2. The highest BCUT2D eigenvalue weighted by atomic mass is 32.2. The van der Waals surface area contributed by atoms with Crippen molar-refractivity contribution in [2.75, 3.05) is 38.3 Å². The zero-order valence-electron chi connectivity index (χ0n) is 36.9. The van der Waals surface area contributed by atoms with Crippen molar-refractivity contribution in [3.8, 4) is 0 Å². The summed E-state index contributed by atoms with van der Waals surface area (Å²) in [6.07, 6.45) is 21.2. The summed E-state index contributed by atoms with van der Waals surface area (Å²) < 4.78 is 61.4. The van der Waals surface area contributed by atoms with Crippen LogP contribution in [0.1, 0.15) is 128 Å². The Morgan fingerprint density at radius 1 is 0.793 bits per heavy atom. The van der Waals surface area contributed by atoms with Crippen molar-refractivity contribution >= 4 is 43.4 Å². The maximum absolute atomic E-state index is 12.5. The van der Waals surface area contributed by atoms with Gasteiger partial charge in [-0.15, -0.1) is 0 Å². The maximum Gasteiger partial charge on any atom is 0.267 e. The van der Waals surface area contributed by atoms with Gasteiger partial charge >= 0.3 is 0 Å². The molecule has 0 saturated heterocycles.